The fourth-order valence-corrected chi connectivity index (χ4v) is 2.13. The lowest BCUT2D eigenvalue weighted by Gasteiger charge is -2.30. The molecule has 1 rings (SSSR count). The van der Waals surface area contributed by atoms with E-state index in [1.807, 2.05) is 0 Å². The first-order valence-corrected chi connectivity index (χ1v) is 7.63. The Morgan fingerprint density at radius 3 is 2.35 bits per heavy atom. The van der Waals surface area contributed by atoms with Crippen molar-refractivity contribution in [2.75, 3.05) is 11.9 Å². The molecule has 2 atom stereocenters. The van der Waals surface area contributed by atoms with Crippen molar-refractivity contribution in [1.29, 1.82) is 0 Å². The molecule has 96 valence electrons. The van der Waals surface area contributed by atoms with E-state index < -0.39 is 0 Å². The molecule has 0 aliphatic rings. The van der Waals surface area contributed by atoms with Crippen LogP contribution in [0.5, 0.6) is 0 Å². The Balaban J connectivity index is 2.63. The van der Waals surface area contributed by atoms with E-state index in [1.54, 1.807) is 0 Å². The van der Waals surface area contributed by atoms with Gasteiger partial charge >= 0.3 is 0 Å². The molecule has 2 heteroatoms. The number of nitrogens with zero attached hydrogens (tertiary/aromatic N) is 1. The summed E-state index contributed by atoms with van der Waals surface area (Å²) in [5.74, 6) is 0.702. The Kier molecular flexibility index (Phi) is 6.83. The summed E-state index contributed by atoms with van der Waals surface area (Å²) in [5, 5.41) is 1.08. The molecule has 1 aromatic carbocycles. The second-order valence-electron chi connectivity index (χ2n) is 4.93. The van der Waals surface area contributed by atoms with Crippen molar-refractivity contribution in [2.45, 2.75) is 39.8 Å². The third-order valence-electron chi connectivity index (χ3n) is 3.25. The zero-order valence-corrected chi connectivity index (χ0v) is 12.8. The van der Waals surface area contributed by atoms with Crippen molar-refractivity contribution in [3.8, 4) is 0 Å². The molecule has 0 amide bonds. The van der Waals surface area contributed by atoms with E-state index in [0.29, 0.717) is 12.0 Å². The molecule has 0 bridgehead atoms. The predicted octanol–water partition coefficient (Wildman–Crippen LogP) is 4.32. The van der Waals surface area contributed by atoms with Crippen molar-refractivity contribution >= 4 is 15.9 Å². The van der Waals surface area contributed by atoms with E-state index in [0.717, 1.165) is 18.4 Å². The van der Waals surface area contributed by atoms with Crippen LogP contribution >= 0.6 is 15.9 Å². The third-order valence-corrected chi connectivity index (χ3v) is 4.36. The number of hydrogen-bond acceptors (Lipinski definition) is 1. The standard InChI is InChI=1S/C15H24BrN/c1-4-14(3)17(11-13(2)10-16)12-15-8-6-5-7-9-15/h5-9,13-14H,4,10-12H2,1-3H3. The predicted molar refractivity (Wildman–Crippen MR) is 79.6 cm³/mol. The average Bonchev–Trinajstić information content (AvgIpc) is 2.38. The zero-order valence-electron chi connectivity index (χ0n) is 11.2. The molecule has 0 N–H and O–H groups in total. The molecule has 1 aromatic rings. The Hall–Kier alpha value is -0.340. The molecule has 0 radical (unpaired) electrons. The molecule has 1 nitrogen and oxygen atoms in total. The molecule has 0 heterocycles. The fraction of sp³-hybridized carbons (Fsp3) is 0.600. The van der Waals surface area contributed by atoms with Crippen LogP contribution in [0.25, 0.3) is 0 Å². The molecule has 0 aliphatic heterocycles. The summed E-state index contributed by atoms with van der Waals surface area (Å²) in [7, 11) is 0. The van der Waals surface area contributed by atoms with Gasteiger partial charge in [-0.1, -0.05) is 60.1 Å². The number of halogens is 1. The summed E-state index contributed by atoms with van der Waals surface area (Å²) in [4.78, 5) is 2.58. The van der Waals surface area contributed by atoms with E-state index in [4.69, 9.17) is 0 Å². The summed E-state index contributed by atoms with van der Waals surface area (Å²) in [6.07, 6.45) is 1.21. The Morgan fingerprint density at radius 2 is 1.82 bits per heavy atom. The van der Waals surface area contributed by atoms with Gasteiger partial charge in [0.1, 0.15) is 0 Å². The molecule has 17 heavy (non-hydrogen) atoms. The maximum atomic E-state index is 3.57. The van der Waals surface area contributed by atoms with Gasteiger partial charge in [-0.2, -0.15) is 0 Å². The molecule has 2 unspecified atom stereocenters. The van der Waals surface area contributed by atoms with E-state index >= 15 is 0 Å². The monoisotopic (exact) mass is 297 g/mol. The van der Waals surface area contributed by atoms with Gasteiger partial charge in [0.2, 0.25) is 0 Å². The molecule has 0 fully saturated rings. The summed E-state index contributed by atoms with van der Waals surface area (Å²) < 4.78 is 0. The van der Waals surface area contributed by atoms with Crippen LogP contribution in [0.1, 0.15) is 32.8 Å². The Labute approximate surface area is 114 Å². The van der Waals surface area contributed by atoms with Gasteiger partial charge in [0.15, 0.2) is 0 Å². The van der Waals surface area contributed by atoms with Gasteiger partial charge in [-0.25, -0.2) is 0 Å². The molecular weight excluding hydrogens is 274 g/mol. The lowest BCUT2D eigenvalue weighted by atomic mass is 10.1. The van der Waals surface area contributed by atoms with Crippen molar-refractivity contribution in [1.82, 2.24) is 4.90 Å². The lowest BCUT2D eigenvalue weighted by molar-refractivity contribution is 0.175. The highest BCUT2D eigenvalue weighted by Gasteiger charge is 2.15. The van der Waals surface area contributed by atoms with E-state index in [-0.39, 0.29) is 0 Å². The maximum Gasteiger partial charge on any atom is 0.0236 e. The number of rotatable bonds is 7. The minimum atomic E-state index is 0.650. The largest absolute Gasteiger partial charge is 0.296 e. The van der Waals surface area contributed by atoms with Gasteiger partial charge in [-0.3, -0.25) is 4.90 Å². The molecule has 0 spiro atoms. The van der Waals surface area contributed by atoms with E-state index in [9.17, 15) is 0 Å². The Bertz CT molecular complexity index is 299. The molecule has 0 saturated carbocycles. The molecule has 0 aromatic heterocycles. The molecule has 0 aliphatic carbocycles. The second kappa shape index (κ2) is 7.88. The average molecular weight is 298 g/mol. The van der Waals surface area contributed by atoms with Crippen LogP contribution in [0.4, 0.5) is 0 Å². The van der Waals surface area contributed by atoms with Crippen LogP contribution in [0, 0.1) is 5.92 Å². The van der Waals surface area contributed by atoms with Crippen molar-refractivity contribution in [2.24, 2.45) is 5.92 Å². The normalized spacial score (nSPS) is 14.9. The SMILES string of the molecule is CCC(C)N(Cc1ccccc1)CC(C)CBr. The highest BCUT2D eigenvalue weighted by molar-refractivity contribution is 9.09. The first-order chi connectivity index (χ1) is 8.17. The highest BCUT2D eigenvalue weighted by Crippen LogP contribution is 2.14. The first kappa shape index (κ1) is 14.7. The van der Waals surface area contributed by atoms with Crippen LogP contribution in [0.2, 0.25) is 0 Å². The van der Waals surface area contributed by atoms with Crippen LogP contribution < -0.4 is 0 Å². The summed E-state index contributed by atoms with van der Waals surface area (Å²) in [6.45, 7) is 9.11. The molecule has 0 saturated heterocycles. The lowest BCUT2D eigenvalue weighted by Crippen LogP contribution is -2.36. The minimum absolute atomic E-state index is 0.650. The zero-order chi connectivity index (χ0) is 12.7. The van der Waals surface area contributed by atoms with Crippen LogP contribution in [-0.4, -0.2) is 22.8 Å². The third kappa shape index (κ3) is 5.22. The number of alkyl halides is 1. The second-order valence-corrected chi connectivity index (χ2v) is 5.58. The summed E-state index contributed by atoms with van der Waals surface area (Å²) >= 11 is 3.57. The van der Waals surface area contributed by atoms with Crippen molar-refractivity contribution in [3.05, 3.63) is 35.9 Å². The molecular formula is C15H24BrN. The smallest absolute Gasteiger partial charge is 0.0236 e. The van der Waals surface area contributed by atoms with Gasteiger partial charge in [-0.15, -0.1) is 0 Å². The van der Waals surface area contributed by atoms with Crippen LogP contribution in [-0.2, 0) is 6.54 Å². The first-order valence-electron chi connectivity index (χ1n) is 6.51. The Morgan fingerprint density at radius 1 is 1.18 bits per heavy atom. The van der Waals surface area contributed by atoms with Gasteiger partial charge in [0.05, 0.1) is 0 Å². The maximum absolute atomic E-state index is 3.57. The van der Waals surface area contributed by atoms with E-state index in [2.05, 4.69) is 71.9 Å². The van der Waals surface area contributed by atoms with Crippen molar-refractivity contribution in [3.63, 3.8) is 0 Å². The topological polar surface area (TPSA) is 3.24 Å². The van der Waals surface area contributed by atoms with Gasteiger partial charge in [0.25, 0.3) is 0 Å². The van der Waals surface area contributed by atoms with Crippen LogP contribution in [0.3, 0.4) is 0 Å². The van der Waals surface area contributed by atoms with Crippen molar-refractivity contribution < 1.29 is 0 Å². The fourth-order valence-electron chi connectivity index (χ4n) is 1.93. The van der Waals surface area contributed by atoms with Crippen LogP contribution in [0.15, 0.2) is 30.3 Å². The van der Waals surface area contributed by atoms with Gasteiger partial charge in [0, 0.05) is 24.5 Å². The quantitative estimate of drug-likeness (QED) is 0.678. The minimum Gasteiger partial charge on any atom is -0.296 e. The highest BCUT2D eigenvalue weighted by atomic mass is 79.9. The van der Waals surface area contributed by atoms with E-state index in [1.165, 1.54) is 12.0 Å². The number of hydrogen-bond donors (Lipinski definition) is 0. The van der Waals surface area contributed by atoms with Gasteiger partial charge < -0.3 is 0 Å². The summed E-state index contributed by atoms with van der Waals surface area (Å²) in [5.41, 5.74) is 1.41. The van der Waals surface area contributed by atoms with Gasteiger partial charge in [-0.05, 0) is 24.8 Å². The summed E-state index contributed by atoms with van der Waals surface area (Å²) in [6, 6.07) is 11.4. The number of benzene rings is 1.